The van der Waals surface area contributed by atoms with Gasteiger partial charge in [-0.25, -0.2) is 4.57 Å². The van der Waals surface area contributed by atoms with Gasteiger partial charge in [-0.1, -0.05) is 30.0 Å². The minimum absolute atomic E-state index is 0. The Morgan fingerprint density at radius 3 is 2.62 bits per heavy atom. The molecule has 2 aliphatic rings. The highest BCUT2D eigenvalue weighted by Gasteiger charge is 2.60. The molecular formula is C29H32ClF3N5S+. The molecule has 39 heavy (non-hydrogen) atoms. The Kier molecular flexibility index (Phi) is 7.45. The van der Waals surface area contributed by atoms with Crippen molar-refractivity contribution >= 4 is 35.1 Å². The summed E-state index contributed by atoms with van der Waals surface area (Å²) in [6.45, 7) is 4.97. The fourth-order valence-electron chi connectivity index (χ4n) is 6.01. The van der Waals surface area contributed by atoms with E-state index in [-0.39, 0.29) is 17.8 Å². The van der Waals surface area contributed by atoms with E-state index in [2.05, 4.69) is 45.8 Å². The fraction of sp³-hybridized carbons (Fsp3) is 0.414. The van der Waals surface area contributed by atoms with Crippen molar-refractivity contribution in [2.24, 2.45) is 20.0 Å². The van der Waals surface area contributed by atoms with Crippen molar-refractivity contribution in [3.8, 4) is 11.4 Å². The first-order valence-electron chi connectivity index (χ1n) is 13.0. The van der Waals surface area contributed by atoms with Crippen molar-refractivity contribution in [2.45, 2.75) is 36.5 Å². The lowest BCUT2D eigenvalue weighted by Crippen LogP contribution is -2.32. The maximum atomic E-state index is 12.9. The van der Waals surface area contributed by atoms with Crippen molar-refractivity contribution < 1.29 is 17.7 Å². The molecule has 2 fully saturated rings. The van der Waals surface area contributed by atoms with Crippen molar-refractivity contribution in [2.75, 3.05) is 25.4 Å². The molecule has 1 saturated heterocycles. The predicted octanol–water partition coefficient (Wildman–Crippen LogP) is 5.96. The summed E-state index contributed by atoms with van der Waals surface area (Å²) in [6.07, 6.45) is -2.15. The first-order chi connectivity index (χ1) is 18.1. The molecule has 2 aromatic carbocycles. The summed E-state index contributed by atoms with van der Waals surface area (Å²) < 4.78 is 42.9. The Morgan fingerprint density at radius 1 is 1.10 bits per heavy atom. The van der Waals surface area contributed by atoms with E-state index in [9.17, 15) is 13.2 Å². The van der Waals surface area contributed by atoms with Crippen LogP contribution in [0.15, 0.2) is 59.8 Å². The second-order valence-electron chi connectivity index (χ2n) is 10.7. The molecule has 2 aromatic heterocycles. The third kappa shape index (κ3) is 5.28. The van der Waals surface area contributed by atoms with Crippen LogP contribution in [0.3, 0.4) is 0 Å². The van der Waals surface area contributed by atoms with E-state index in [0.717, 1.165) is 76.9 Å². The second-order valence-corrected chi connectivity index (χ2v) is 11.8. The summed E-state index contributed by atoms with van der Waals surface area (Å²) in [5.74, 6) is 2.46. The van der Waals surface area contributed by atoms with Gasteiger partial charge in [-0.15, -0.1) is 17.1 Å². The summed E-state index contributed by atoms with van der Waals surface area (Å²) in [7, 11) is 4.05. The Labute approximate surface area is 236 Å². The van der Waals surface area contributed by atoms with Gasteiger partial charge >= 0.3 is 12.0 Å². The second kappa shape index (κ2) is 10.4. The van der Waals surface area contributed by atoms with Gasteiger partial charge in [0.1, 0.15) is 0 Å². The quantitative estimate of drug-likeness (QED) is 0.155. The van der Waals surface area contributed by atoms with Crippen LogP contribution in [0.5, 0.6) is 0 Å². The van der Waals surface area contributed by atoms with Crippen molar-refractivity contribution in [1.82, 2.24) is 19.7 Å². The van der Waals surface area contributed by atoms with Crippen LogP contribution >= 0.6 is 24.2 Å². The SMILES string of the molecule is Cc1ccc2cc(-c3nn(C)c(SCCCN4C[C@@H]5C[C@]5(c5ccc(C(F)(F)F)cc5)C4)[n+]3C)ccc2n1.Cl. The van der Waals surface area contributed by atoms with Crippen LogP contribution in [0.2, 0.25) is 0 Å². The lowest BCUT2D eigenvalue weighted by molar-refractivity contribution is -0.699. The Morgan fingerprint density at radius 2 is 1.87 bits per heavy atom. The van der Waals surface area contributed by atoms with Gasteiger partial charge in [-0.3, -0.25) is 4.98 Å². The Bertz CT molecular complexity index is 1500. The molecule has 1 aliphatic heterocycles. The third-order valence-electron chi connectivity index (χ3n) is 8.07. The number of benzene rings is 2. The summed E-state index contributed by atoms with van der Waals surface area (Å²) in [4.78, 5) is 7.08. The molecule has 5 nitrogen and oxygen atoms in total. The zero-order valence-corrected chi connectivity index (χ0v) is 23.8. The van der Waals surface area contributed by atoms with Crippen LogP contribution in [0.4, 0.5) is 13.2 Å². The number of alkyl halides is 3. The van der Waals surface area contributed by atoms with Gasteiger partial charge in [-0.2, -0.15) is 13.2 Å². The molecule has 6 rings (SSSR count). The number of thioether (sulfide) groups is 1. The van der Waals surface area contributed by atoms with Crippen molar-refractivity contribution in [3.63, 3.8) is 0 Å². The molecule has 1 aliphatic carbocycles. The first-order valence-corrected chi connectivity index (χ1v) is 14.0. The van der Waals surface area contributed by atoms with E-state index in [1.54, 1.807) is 12.1 Å². The summed E-state index contributed by atoms with van der Waals surface area (Å²) in [5, 5.41) is 7.01. The van der Waals surface area contributed by atoms with E-state index in [1.807, 2.05) is 36.5 Å². The van der Waals surface area contributed by atoms with Gasteiger partial charge in [0.15, 0.2) is 0 Å². The van der Waals surface area contributed by atoms with E-state index >= 15 is 0 Å². The average Bonchev–Trinajstić information content (AvgIpc) is 3.34. The van der Waals surface area contributed by atoms with Crippen LogP contribution in [0.1, 0.15) is 29.7 Å². The number of hydrogen-bond acceptors (Lipinski definition) is 4. The monoisotopic (exact) mass is 574 g/mol. The number of aromatic nitrogens is 4. The Hall–Kier alpha value is -2.62. The summed E-state index contributed by atoms with van der Waals surface area (Å²) in [5.41, 5.74) is 3.60. The van der Waals surface area contributed by atoms with E-state index in [0.29, 0.717) is 5.92 Å². The smallest absolute Gasteiger partial charge is 0.302 e. The molecule has 0 amide bonds. The molecule has 0 radical (unpaired) electrons. The maximum Gasteiger partial charge on any atom is 0.416 e. The minimum Gasteiger partial charge on any atom is -0.302 e. The van der Waals surface area contributed by atoms with Gasteiger partial charge in [-0.05, 0) is 74.2 Å². The Balaban J connectivity index is 0.00000308. The van der Waals surface area contributed by atoms with E-state index < -0.39 is 11.7 Å². The molecular weight excluding hydrogens is 543 g/mol. The van der Waals surface area contributed by atoms with Crippen LogP contribution in [0, 0.1) is 12.8 Å². The number of likely N-dealkylation sites (tertiary alicyclic amines) is 1. The molecule has 0 unspecified atom stereocenters. The number of aryl methyl sites for hydroxylation is 2. The predicted molar refractivity (Wildman–Crippen MR) is 150 cm³/mol. The molecule has 4 aromatic rings. The number of pyridine rings is 1. The highest BCUT2D eigenvalue weighted by Crippen LogP contribution is 2.59. The van der Waals surface area contributed by atoms with Crippen molar-refractivity contribution in [3.05, 3.63) is 71.4 Å². The number of nitrogens with zero attached hydrogens (tertiary/aromatic N) is 5. The largest absolute Gasteiger partial charge is 0.416 e. The molecule has 2 atom stereocenters. The van der Waals surface area contributed by atoms with Gasteiger partial charge in [0.25, 0.3) is 5.16 Å². The minimum atomic E-state index is -4.28. The molecule has 0 bridgehead atoms. The number of rotatable bonds is 7. The average molecular weight is 575 g/mol. The van der Waals surface area contributed by atoms with Crippen molar-refractivity contribution in [1.29, 1.82) is 0 Å². The summed E-state index contributed by atoms with van der Waals surface area (Å²) >= 11 is 1.81. The molecule has 3 heterocycles. The number of halogens is 4. The number of hydrogen-bond donors (Lipinski definition) is 0. The molecule has 1 saturated carbocycles. The van der Waals surface area contributed by atoms with E-state index in [4.69, 9.17) is 5.10 Å². The van der Waals surface area contributed by atoms with Crippen LogP contribution in [-0.4, -0.2) is 45.1 Å². The lowest BCUT2D eigenvalue weighted by Gasteiger charge is -2.21. The highest BCUT2D eigenvalue weighted by molar-refractivity contribution is 7.99. The van der Waals surface area contributed by atoms with Gasteiger partial charge in [0.2, 0.25) is 0 Å². The maximum absolute atomic E-state index is 12.9. The normalized spacial score (nSPS) is 20.7. The van der Waals surface area contributed by atoms with Gasteiger partial charge in [0, 0.05) is 40.4 Å². The molecule has 0 N–H and O–H groups in total. The van der Waals surface area contributed by atoms with Crippen LogP contribution < -0.4 is 4.57 Å². The number of fused-ring (bicyclic) bond motifs is 2. The van der Waals surface area contributed by atoms with Crippen LogP contribution in [0.25, 0.3) is 22.3 Å². The van der Waals surface area contributed by atoms with Gasteiger partial charge in [0.05, 0.1) is 30.7 Å². The molecule has 206 valence electrons. The molecule has 10 heteroatoms. The summed E-state index contributed by atoms with van der Waals surface area (Å²) in [6, 6.07) is 16.3. The number of piperidine rings is 1. The van der Waals surface area contributed by atoms with Crippen LogP contribution in [-0.2, 0) is 25.7 Å². The van der Waals surface area contributed by atoms with Gasteiger partial charge < -0.3 is 4.90 Å². The zero-order valence-electron chi connectivity index (χ0n) is 22.2. The lowest BCUT2D eigenvalue weighted by atomic mass is 9.94. The third-order valence-corrected chi connectivity index (χ3v) is 9.36. The topological polar surface area (TPSA) is 37.8 Å². The first kappa shape index (κ1) is 27.9. The molecule has 0 spiro atoms. The highest BCUT2D eigenvalue weighted by atomic mass is 35.5. The zero-order chi connectivity index (χ0) is 26.7. The fourth-order valence-corrected chi connectivity index (χ4v) is 6.98. The van der Waals surface area contributed by atoms with E-state index in [1.165, 1.54) is 12.1 Å². The standard InChI is InChI=1S/C29H31F3N5S.ClH/c1-19-5-6-20-15-21(7-12-25(20)33-19)26-34-36(3)27(35(26)2)38-14-4-13-37-17-24-16-28(24,18-37)22-8-10-23(11-9-22)29(30,31)32;/h5-12,15,24H,4,13-14,16-18H2,1-3H3;1H/q+1;/t24-,28+;/m0./s1.